The van der Waals surface area contributed by atoms with Gasteiger partial charge >= 0.3 is 5.97 Å². The summed E-state index contributed by atoms with van der Waals surface area (Å²) in [5.41, 5.74) is 1.70. The largest absolute Gasteiger partial charge is 0.492 e. The minimum absolute atomic E-state index is 0.0100. The zero-order chi connectivity index (χ0) is 24.9. The third-order valence-electron chi connectivity index (χ3n) is 5.57. The molecule has 0 unspecified atom stereocenters. The first-order valence-electron chi connectivity index (χ1n) is 11.1. The Kier molecular flexibility index (Phi) is 8.34. The van der Waals surface area contributed by atoms with Gasteiger partial charge in [-0.3, -0.25) is 4.79 Å². The number of aromatic amines is 1. The Morgan fingerprint density at radius 1 is 1.15 bits per heavy atom. The molecule has 2 aromatic rings. The molecule has 11 heteroatoms. The van der Waals surface area contributed by atoms with Crippen molar-refractivity contribution < 1.29 is 32.2 Å². The number of aromatic nitrogens is 1. The van der Waals surface area contributed by atoms with E-state index in [2.05, 4.69) is 10.3 Å². The van der Waals surface area contributed by atoms with Crippen LogP contribution in [0.5, 0.6) is 5.75 Å². The fourth-order valence-corrected chi connectivity index (χ4v) is 5.57. The highest BCUT2D eigenvalue weighted by Crippen LogP contribution is 2.32. The summed E-state index contributed by atoms with van der Waals surface area (Å²) < 4.78 is 43.4. The smallest absolute Gasteiger partial charge is 0.340 e. The Hall–Kier alpha value is -2.89. The van der Waals surface area contributed by atoms with Crippen LogP contribution in [0.25, 0.3) is 0 Å². The van der Waals surface area contributed by atoms with Gasteiger partial charge in [0.15, 0.2) is 0 Å². The molecule has 34 heavy (non-hydrogen) atoms. The third kappa shape index (κ3) is 5.43. The standard InChI is InChI=1S/C23H31N3O7S/c1-5-32-18-9-8-17(14-19(18)34(29,30)26-10-6-7-11-26)25-22(27)21-15(2)20(16(3)24-21)23(28)33-13-12-31-4/h8-9,14,24H,5-7,10-13H2,1-4H3,(H,25,27). The molecule has 10 nitrogen and oxygen atoms in total. The first kappa shape index (κ1) is 25.7. The maximum atomic E-state index is 13.2. The van der Waals surface area contributed by atoms with Crippen LogP contribution in [0.1, 0.15) is 51.9 Å². The summed E-state index contributed by atoms with van der Waals surface area (Å²) in [7, 11) is -2.26. The molecule has 0 spiro atoms. The second kappa shape index (κ2) is 11.0. The molecule has 1 aliphatic heterocycles. The van der Waals surface area contributed by atoms with Crippen molar-refractivity contribution in [2.45, 2.75) is 38.5 Å². The van der Waals surface area contributed by atoms with Gasteiger partial charge in [-0.15, -0.1) is 0 Å². The molecule has 2 heterocycles. The van der Waals surface area contributed by atoms with Crippen LogP contribution in [-0.2, 0) is 19.5 Å². The summed E-state index contributed by atoms with van der Waals surface area (Å²) in [4.78, 5) is 28.4. The van der Waals surface area contributed by atoms with E-state index in [0.717, 1.165) is 12.8 Å². The Bertz CT molecular complexity index is 1150. The molecule has 3 rings (SSSR count). The van der Waals surface area contributed by atoms with E-state index < -0.39 is 21.9 Å². The van der Waals surface area contributed by atoms with E-state index in [1.807, 2.05) is 0 Å². The maximum absolute atomic E-state index is 13.2. The van der Waals surface area contributed by atoms with Crippen LogP contribution in [0.3, 0.4) is 0 Å². The number of rotatable bonds is 10. The van der Waals surface area contributed by atoms with Crippen molar-refractivity contribution in [3.8, 4) is 5.75 Å². The van der Waals surface area contributed by atoms with Crippen molar-refractivity contribution in [3.63, 3.8) is 0 Å². The first-order valence-corrected chi connectivity index (χ1v) is 12.6. The quantitative estimate of drug-likeness (QED) is 0.385. The number of sulfonamides is 1. The van der Waals surface area contributed by atoms with Crippen LogP contribution in [-0.4, -0.2) is 69.6 Å². The first-order chi connectivity index (χ1) is 16.2. The molecule has 0 bridgehead atoms. The Morgan fingerprint density at radius 2 is 1.85 bits per heavy atom. The number of benzene rings is 1. The number of nitrogens with zero attached hydrogens (tertiary/aromatic N) is 1. The van der Waals surface area contributed by atoms with E-state index in [1.54, 1.807) is 26.8 Å². The van der Waals surface area contributed by atoms with Gasteiger partial charge in [0.2, 0.25) is 10.0 Å². The molecule has 186 valence electrons. The van der Waals surface area contributed by atoms with Crippen molar-refractivity contribution in [1.82, 2.24) is 9.29 Å². The highest BCUT2D eigenvalue weighted by Gasteiger charge is 2.31. The van der Waals surface area contributed by atoms with Crippen molar-refractivity contribution in [3.05, 3.63) is 40.7 Å². The lowest BCUT2D eigenvalue weighted by molar-refractivity contribution is 0.0386. The Balaban J connectivity index is 1.86. The number of aryl methyl sites for hydroxylation is 1. The van der Waals surface area contributed by atoms with E-state index in [9.17, 15) is 18.0 Å². The monoisotopic (exact) mass is 493 g/mol. The lowest BCUT2D eigenvalue weighted by Crippen LogP contribution is -2.28. The maximum Gasteiger partial charge on any atom is 0.340 e. The van der Waals surface area contributed by atoms with Gasteiger partial charge in [-0.2, -0.15) is 4.31 Å². The van der Waals surface area contributed by atoms with Gasteiger partial charge in [-0.05, 0) is 57.4 Å². The second-order valence-electron chi connectivity index (χ2n) is 7.91. The highest BCUT2D eigenvalue weighted by atomic mass is 32.2. The zero-order valence-corrected chi connectivity index (χ0v) is 20.7. The van der Waals surface area contributed by atoms with Crippen LogP contribution in [0.4, 0.5) is 5.69 Å². The van der Waals surface area contributed by atoms with Crippen molar-refractivity contribution in [2.75, 3.05) is 45.3 Å². The lowest BCUT2D eigenvalue weighted by atomic mass is 10.1. The average Bonchev–Trinajstić information content (AvgIpc) is 3.44. The molecular weight excluding hydrogens is 462 g/mol. The van der Waals surface area contributed by atoms with E-state index in [0.29, 0.717) is 36.6 Å². The van der Waals surface area contributed by atoms with Crippen LogP contribution in [0.2, 0.25) is 0 Å². The third-order valence-corrected chi connectivity index (χ3v) is 7.49. The summed E-state index contributed by atoms with van der Waals surface area (Å²) >= 11 is 0. The Labute approximate surface area is 199 Å². The molecule has 1 fully saturated rings. The van der Waals surface area contributed by atoms with Gasteiger partial charge in [0, 0.05) is 31.6 Å². The summed E-state index contributed by atoms with van der Waals surface area (Å²) in [6.07, 6.45) is 1.61. The molecule has 1 amide bonds. The molecule has 1 aliphatic rings. The summed E-state index contributed by atoms with van der Waals surface area (Å²) in [5, 5.41) is 2.72. The van der Waals surface area contributed by atoms with Gasteiger partial charge in [0.05, 0.1) is 18.8 Å². The number of H-pyrrole nitrogens is 1. The topological polar surface area (TPSA) is 127 Å². The number of amides is 1. The summed E-state index contributed by atoms with van der Waals surface area (Å²) in [6.45, 7) is 6.67. The molecule has 0 aliphatic carbocycles. The number of anilines is 1. The molecular formula is C23H31N3O7S. The fourth-order valence-electron chi connectivity index (χ4n) is 3.90. The number of nitrogens with one attached hydrogen (secondary N) is 2. The zero-order valence-electron chi connectivity index (χ0n) is 19.9. The number of methoxy groups -OCH3 is 1. The molecule has 1 saturated heterocycles. The number of carbonyl (C=O) groups excluding carboxylic acids is 2. The normalized spacial score (nSPS) is 14.2. The molecule has 1 aromatic heterocycles. The lowest BCUT2D eigenvalue weighted by Gasteiger charge is -2.19. The molecule has 2 N–H and O–H groups in total. The predicted octanol–water partition coefficient (Wildman–Crippen LogP) is 2.87. The summed E-state index contributed by atoms with van der Waals surface area (Å²) in [5.74, 6) is -0.826. The molecule has 0 saturated carbocycles. The van der Waals surface area contributed by atoms with Crippen LogP contribution < -0.4 is 10.1 Å². The Morgan fingerprint density at radius 3 is 2.50 bits per heavy atom. The van der Waals surface area contributed by atoms with E-state index >= 15 is 0 Å². The van der Waals surface area contributed by atoms with E-state index in [1.165, 1.54) is 23.5 Å². The molecule has 0 radical (unpaired) electrons. The number of hydrogen-bond donors (Lipinski definition) is 2. The highest BCUT2D eigenvalue weighted by molar-refractivity contribution is 7.89. The fraction of sp³-hybridized carbons (Fsp3) is 0.478. The van der Waals surface area contributed by atoms with Gasteiger partial charge < -0.3 is 24.5 Å². The molecule has 0 atom stereocenters. The van der Waals surface area contributed by atoms with Gasteiger partial charge in [-0.1, -0.05) is 0 Å². The molecule has 1 aromatic carbocycles. The SMILES string of the molecule is CCOc1ccc(NC(=O)c2[nH]c(C)c(C(=O)OCCOC)c2C)cc1S(=O)(=O)N1CCCC1. The average molecular weight is 494 g/mol. The van der Waals surface area contributed by atoms with Crippen LogP contribution in [0.15, 0.2) is 23.1 Å². The van der Waals surface area contributed by atoms with Gasteiger partial charge in [0.25, 0.3) is 5.91 Å². The van der Waals surface area contributed by atoms with Crippen LogP contribution >= 0.6 is 0 Å². The number of esters is 1. The van der Waals surface area contributed by atoms with E-state index in [-0.39, 0.29) is 35.1 Å². The number of hydrogen-bond acceptors (Lipinski definition) is 7. The minimum Gasteiger partial charge on any atom is -0.492 e. The van der Waals surface area contributed by atoms with Crippen molar-refractivity contribution >= 4 is 27.6 Å². The van der Waals surface area contributed by atoms with Gasteiger partial charge in [0.1, 0.15) is 22.9 Å². The predicted molar refractivity (Wildman–Crippen MR) is 126 cm³/mol. The van der Waals surface area contributed by atoms with E-state index in [4.69, 9.17) is 14.2 Å². The van der Waals surface area contributed by atoms with Crippen LogP contribution in [0, 0.1) is 13.8 Å². The number of carbonyl (C=O) groups is 2. The second-order valence-corrected chi connectivity index (χ2v) is 9.82. The minimum atomic E-state index is -3.77. The number of ether oxygens (including phenoxy) is 3. The van der Waals surface area contributed by atoms with Gasteiger partial charge in [-0.25, -0.2) is 13.2 Å². The van der Waals surface area contributed by atoms with Crippen molar-refractivity contribution in [1.29, 1.82) is 0 Å². The summed E-state index contributed by atoms with van der Waals surface area (Å²) in [6, 6.07) is 4.52. The van der Waals surface area contributed by atoms with Crippen molar-refractivity contribution in [2.24, 2.45) is 0 Å².